The maximum Gasteiger partial charge on any atom is 0.264 e. The van der Waals surface area contributed by atoms with Gasteiger partial charge in [-0.05, 0) is 35.9 Å². The molecule has 1 heterocycles. The average molecular weight is 471 g/mol. The van der Waals surface area contributed by atoms with Crippen molar-refractivity contribution >= 4 is 44.9 Å². The molecule has 4 rings (SSSR count). The second kappa shape index (κ2) is 7.75. The quantitative estimate of drug-likeness (QED) is 0.527. The molecule has 1 aliphatic heterocycles. The minimum absolute atomic E-state index is 0.255. The fourth-order valence-corrected chi connectivity index (χ4v) is 4.10. The summed E-state index contributed by atoms with van der Waals surface area (Å²) in [7, 11) is 0. The van der Waals surface area contributed by atoms with Crippen LogP contribution >= 0.6 is 27.5 Å². The van der Waals surface area contributed by atoms with E-state index in [2.05, 4.69) is 15.9 Å². The standard InChI is InChI=1S/C23H17BrClNO3/c24-17-10-8-16(9-11-17)21(27)13-23(29)19-6-1-2-7-20(19)26(22(23)28)14-15-4-3-5-18(25)12-15/h1-12,29H,13-14H2. The Morgan fingerprint density at radius 2 is 1.76 bits per heavy atom. The summed E-state index contributed by atoms with van der Waals surface area (Å²) in [5, 5.41) is 11.9. The molecule has 0 bridgehead atoms. The van der Waals surface area contributed by atoms with E-state index in [1.54, 1.807) is 60.7 Å². The highest BCUT2D eigenvalue weighted by Crippen LogP contribution is 2.43. The number of nitrogens with zero attached hydrogens (tertiary/aromatic N) is 1. The number of rotatable bonds is 5. The average Bonchev–Trinajstić information content (AvgIpc) is 2.91. The SMILES string of the molecule is O=C(CC1(O)C(=O)N(Cc2cccc(Cl)c2)c2ccccc21)c1ccc(Br)cc1. The summed E-state index contributed by atoms with van der Waals surface area (Å²) in [5.74, 6) is -0.808. The third kappa shape index (κ3) is 3.73. The van der Waals surface area contributed by atoms with Crippen molar-refractivity contribution in [1.29, 1.82) is 0 Å². The monoisotopic (exact) mass is 469 g/mol. The van der Waals surface area contributed by atoms with Crippen LogP contribution in [0.4, 0.5) is 5.69 Å². The van der Waals surface area contributed by atoms with Gasteiger partial charge in [-0.2, -0.15) is 0 Å². The molecular formula is C23H17BrClNO3. The Bertz CT molecular complexity index is 1100. The zero-order valence-corrected chi connectivity index (χ0v) is 17.7. The lowest BCUT2D eigenvalue weighted by atomic mass is 9.88. The molecule has 0 saturated heterocycles. The summed E-state index contributed by atoms with van der Waals surface area (Å²) >= 11 is 9.41. The second-order valence-electron chi connectivity index (χ2n) is 7.01. The van der Waals surface area contributed by atoms with Gasteiger partial charge in [0, 0.05) is 20.6 Å². The van der Waals surface area contributed by atoms with Crippen molar-refractivity contribution < 1.29 is 14.7 Å². The van der Waals surface area contributed by atoms with E-state index >= 15 is 0 Å². The summed E-state index contributed by atoms with van der Waals surface area (Å²) in [6.07, 6.45) is -0.323. The minimum Gasteiger partial charge on any atom is -0.375 e. The van der Waals surface area contributed by atoms with Gasteiger partial charge in [0.2, 0.25) is 0 Å². The van der Waals surface area contributed by atoms with Crippen molar-refractivity contribution in [3.8, 4) is 0 Å². The van der Waals surface area contributed by atoms with Crippen LogP contribution in [-0.2, 0) is 16.9 Å². The maximum absolute atomic E-state index is 13.3. The maximum atomic E-state index is 13.3. The van der Waals surface area contributed by atoms with Gasteiger partial charge in [0.15, 0.2) is 11.4 Å². The van der Waals surface area contributed by atoms with Crippen LogP contribution in [0.5, 0.6) is 0 Å². The lowest BCUT2D eigenvalue weighted by molar-refractivity contribution is -0.136. The van der Waals surface area contributed by atoms with Crippen molar-refractivity contribution in [2.24, 2.45) is 0 Å². The first-order valence-electron chi connectivity index (χ1n) is 9.05. The Morgan fingerprint density at radius 3 is 2.48 bits per heavy atom. The highest BCUT2D eigenvalue weighted by molar-refractivity contribution is 9.10. The molecule has 4 nitrogen and oxygen atoms in total. The lowest BCUT2D eigenvalue weighted by Crippen LogP contribution is -2.41. The van der Waals surface area contributed by atoms with Crippen LogP contribution in [0.15, 0.2) is 77.3 Å². The van der Waals surface area contributed by atoms with Crippen LogP contribution in [-0.4, -0.2) is 16.8 Å². The van der Waals surface area contributed by atoms with Crippen molar-refractivity contribution in [1.82, 2.24) is 0 Å². The van der Waals surface area contributed by atoms with Crippen LogP contribution in [0.1, 0.15) is 27.9 Å². The second-order valence-corrected chi connectivity index (χ2v) is 8.36. The number of fused-ring (bicyclic) bond motifs is 1. The van der Waals surface area contributed by atoms with Crippen molar-refractivity contribution in [3.63, 3.8) is 0 Å². The van der Waals surface area contributed by atoms with Crippen molar-refractivity contribution in [2.45, 2.75) is 18.6 Å². The molecule has 3 aromatic rings. The van der Waals surface area contributed by atoms with Crippen molar-refractivity contribution in [3.05, 3.63) is 99.0 Å². The molecule has 1 N–H and O–H groups in total. The van der Waals surface area contributed by atoms with Gasteiger partial charge < -0.3 is 10.0 Å². The fraction of sp³-hybridized carbons (Fsp3) is 0.130. The van der Waals surface area contributed by atoms with Crippen LogP contribution in [0.25, 0.3) is 0 Å². The highest BCUT2D eigenvalue weighted by atomic mass is 79.9. The molecular weight excluding hydrogens is 454 g/mol. The third-order valence-electron chi connectivity index (χ3n) is 5.05. The van der Waals surface area contributed by atoms with Gasteiger partial charge in [0.1, 0.15) is 0 Å². The lowest BCUT2D eigenvalue weighted by Gasteiger charge is -2.23. The molecule has 0 radical (unpaired) electrons. The number of carbonyl (C=O) groups is 2. The van der Waals surface area contributed by atoms with E-state index in [1.807, 2.05) is 12.1 Å². The van der Waals surface area contributed by atoms with Crippen molar-refractivity contribution in [2.75, 3.05) is 4.90 Å². The summed E-state index contributed by atoms with van der Waals surface area (Å²) < 4.78 is 0.850. The Hall–Kier alpha value is -2.47. The molecule has 0 aliphatic carbocycles. The summed E-state index contributed by atoms with van der Waals surface area (Å²) in [6, 6.07) is 21.1. The molecule has 1 amide bonds. The molecule has 29 heavy (non-hydrogen) atoms. The third-order valence-corrected chi connectivity index (χ3v) is 5.82. The minimum atomic E-state index is -1.90. The number of hydrogen-bond acceptors (Lipinski definition) is 3. The van der Waals surface area contributed by atoms with Crippen LogP contribution in [0.3, 0.4) is 0 Å². The number of benzene rings is 3. The highest BCUT2D eigenvalue weighted by Gasteiger charge is 2.50. The predicted octanol–water partition coefficient (Wildman–Crippen LogP) is 5.11. The molecule has 0 spiro atoms. The summed E-state index contributed by atoms with van der Waals surface area (Å²) in [5.41, 5.74) is 0.421. The smallest absolute Gasteiger partial charge is 0.264 e. The van der Waals surface area contributed by atoms with Crippen LogP contribution in [0.2, 0.25) is 5.02 Å². The number of para-hydroxylation sites is 1. The summed E-state index contributed by atoms with van der Waals surface area (Å²) in [6.45, 7) is 0.255. The Kier molecular flexibility index (Phi) is 5.30. The Morgan fingerprint density at radius 1 is 1.03 bits per heavy atom. The largest absolute Gasteiger partial charge is 0.375 e. The van der Waals surface area contributed by atoms with E-state index in [1.165, 1.54) is 4.90 Å². The zero-order valence-electron chi connectivity index (χ0n) is 15.3. The number of aliphatic hydroxyl groups is 1. The molecule has 0 saturated carbocycles. The number of amides is 1. The molecule has 6 heteroatoms. The molecule has 3 aromatic carbocycles. The Balaban J connectivity index is 1.67. The van der Waals surface area contributed by atoms with Gasteiger partial charge in [-0.1, -0.05) is 70.0 Å². The van der Waals surface area contributed by atoms with Gasteiger partial charge in [0.25, 0.3) is 5.91 Å². The van der Waals surface area contributed by atoms with E-state index in [0.29, 0.717) is 21.8 Å². The number of ketones is 1. The Labute approximate surface area is 181 Å². The number of halogens is 2. The van der Waals surface area contributed by atoms with E-state index in [0.717, 1.165) is 10.0 Å². The predicted molar refractivity (Wildman–Crippen MR) is 116 cm³/mol. The molecule has 0 fully saturated rings. The normalized spacial score (nSPS) is 18.0. The van der Waals surface area contributed by atoms with Crippen LogP contribution < -0.4 is 4.90 Å². The van der Waals surface area contributed by atoms with Gasteiger partial charge >= 0.3 is 0 Å². The molecule has 1 aliphatic rings. The van der Waals surface area contributed by atoms with E-state index < -0.39 is 11.5 Å². The number of hydrogen-bond donors (Lipinski definition) is 1. The topological polar surface area (TPSA) is 57.6 Å². The van der Waals surface area contributed by atoms with Gasteiger partial charge in [-0.3, -0.25) is 9.59 Å². The van der Waals surface area contributed by atoms with E-state index in [9.17, 15) is 14.7 Å². The van der Waals surface area contributed by atoms with Crippen LogP contribution in [0, 0.1) is 0 Å². The number of anilines is 1. The van der Waals surface area contributed by atoms with Gasteiger partial charge in [-0.25, -0.2) is 0 Å². The zero-order chi connectivity index (χ0) is 20.6. The molecule has 1 unspecified atom stereocenters. The molecule has 1 atom stereocenters. The molecule has 146 valence electrons. The van der Waals surface area contributed by atoms with Gasteiger partial charge in [-0.15, -0.1) is 0 Å². The number of Topliss-reactive ketones (excluding diaryl/α,β-unsaturated/α-hetero) is 1. The van der Waals surface area contributed by atoms with E-state index in [4.69, 9.17) is 11.6 Å². The van der Waals surface area contributed by atoms with E-state index in [-0.39, 0.29) is 18.7 Å². The summed E-state index contributed by atoms with van der Waals surface area (Å²) in [4.78, 5) is 27.6. The number of carbonyl (C=O) groups excluding carboxylic acids is 2. The first-order chi connectivity index (χ1) is 13.9. The first kappa shape index (κ1) is 19.8. The fourth-order valence-electron chi connectivity index (χ4n) is 3.62. The molecule has 0 aromatic heterocycles. The first-order valence-corrected chi connectivity index (χ1v) is 10.2. The van der Waals surface area contributed by atoms with Gasteiger partial charge in [0.05, 0.1) is 18.7 Å².